The Balaban J connectivity index is 1.67. The molecule has 150 valence electrons. The number of aryl methyl sites for hydroxylation is 2. The molecule has 0 aliphatic heterocycles. The largest absolute Gasteiger partial charge is 0.310 e. The van der Waals surface area contributed by atoms with Gasteiger partial charge >= 0.3 is 0 Å². The average Bonchev–Trinajstić information content (AvgIpc) is 3.36. The SMILES string of the molecule is Cc1nc(C)c(C(=O)/C=C/c2cn(Cc3ccccc3)nc2-c2cccs2)c(=O)[nH]1. The monoisotopic (exact) mass is 416 g/mol. The lowest BCUT2D eigenvalue weighted by Crippen LogP contribution is -2.21. The molecular weight excluding hydrogens is 396 g/mol. The Hall–Kier alpha value is -3.58. The molecule has 30 heavy (non-hydrogen) atoms. The summed E-state index contributed by atoms with van der Waals surface area (Å²) in [6, 6.07) is 14.0. The van der Waals surface area contributed by atoms with Crippen molar-refractivity contribution in [3.05, 3.63) is 98.7 Å². The molecule has 3 aromatic heterocycles. The molecule has 1 aromatic carbocycles. The summed E-state index contributed by atoms with van der Waals surface area (Å²) in [5, 5.41) is 6.72. The van der Waals surface area contributed by atoms with Crippen LogP contribution in [0.1, 0.15) is 33.0 Å². The van der Waals surface area contributed by atoms with Crippen LogP contribution < -0.4 is 5.56 Å². The molecule has 4 rings (SSSR count). The van der Waals surface area contributed by atoms with Crippen LogP contribution in [-0.4, -0.2) is 25.5 Å². The Labute approximate surface area is 177 Å². The van der Waals surface area contributed by atoms with Crippen LogP contribution in [0.5, 0.6) is 0 Å². The maximum Gasteiger partial charge on any atom is 0.262 e. The van der Waals surface area contributed by atoms with Gasteiger partial charge in [0.1, 0.15) is 17.1 Å². The fraction of sp³-hybridized carbons (Fsp3) is 0.130. The van der Waals surface area contributed by atoms with E-state index in [1.54, 1.807) is 31.3 Å². The van der Waals surface area contributed by atoms with Crippen molar-refractivity contribution in [2.75, 3.05) is 0 Å². The van der Waals surface area contributed by atoms with Crippen molar-refractivity contribution in [1.29, 1.82) is 0 Å². The van der Waals surface area contributed by atoms with Crippen LogP contribution in [0.3, 0.4) is 0 Å². The van der Waals surface area contributed by atoms with E-state index in [-0.39, 0.29) is 11.3 Å². The highest BCUT2D eigenvalue weighted by Crippen LogP contribution is 2.28. The summed E-state index contributed by atoms with van der Waals surface area (Å²) in [6.45, 7) is 3.98. The minimum Gasteiger partial charge on any atom is -0.310 e. The normalized spacial score (nSPS) is 11.3. The number of ketones is 1. The zero-order valence-corrected chi connectivity index (χ0v) is 17.4. The fourth-order valence-corrected chi connectivity index (χ4v) is 4.01. The lowest BCUT2D eigenvalue weighted by atomic mass is 10.1. The van der Waals surface area contributed by atoms with Crippen LogP contribution in [0.2, 0.25) is 0 Å². The predicted octanol–water partition coefficient (Wildman–Crippen LogP) is 4.26. The summed E-state index contributed by atoms with van der Waals surface area (Å²) in [5.74, 6) is 0.106. The molecule has 7 heteroatoms. The van der Waals surface area contributed by atoms with Crippen LogP contribution in [0.4, 0.5) is 0 Å². The van der Waals surface area contributed by atoms with Gasteiger partial charge in [-0.25, -0.2) is 4.98 Å². The van der Waals surface area contributed by atoms with Gasteiger partial charge in [-0.2, -0.15) is 5.10 Å². The first-order valence-electron chi connectivity index (χ1n) is 9.46. The number of thiophene rings is 1. The number of nitrogens with zero attached hydrogens (tertiary/aromatic N) is 3. The number of rotatable bonds is 6. The second-order valence-electron chi connectivity index (χ2n) is 6.90. The van der Waals surface area contributed by atoms with Crippen LogP contribution in [0.15, 0.2) is 64.9 Å². The summed E-state index contributed by atoms with van der Waals surface area (Å²) in [7, 11) is 0. The predicted molar refractivity (Wildman–Crippen MR) is 119 cm³/mol. The molecule has 3 heterocycles. The highest BCUT2D eigenvalue weighted by molar-refractivity contribution is 7.13. The highest BCUT2D eigenvalue weighted by Gasteiger charge is 2.15. The van der Waals surface area contributed by atoms with E-state index in [0.29, 0.717) is 18.1 Å². The van der Waals surface area contributed by atoms with Gasteiger partial charge in [0, 0.05) is 11.8 Å². The summed E-state index contributed by atoms with van der Waals surface area (Å²) >= 11 is 1.59. The fourth-order valence-electron chi connectivity index (χ4n) is 3.28. The maximum atomic E-state index is 12.7. The van der Waals surface area contributed by atoms with Crippen molar-refractivity contribution in [3.8, 4) is 10.6 Å². The maximum absolute atomic E-state index is 12.7. The quantitative estimate of drug-likeness (QED) is 0.376. The molecule has 0 saturated carbocycles. The Kier molecular flexibility index (Phi) is 5.54. The Morgan fingerprint density at radius 1 is 1.17 bits per heavy atom. The lowest BCUT2D eigenvalue weighted by Gasteiger charge is -2.01. The minimum atomic E-state index is -0.423. The third-order valence-corrected chi connectivity index (χ3v) is 5.49. The Bertz CT molecular complexity index is 1270. The Morgan fingerprint density at radius 2 is 1.97 bits per heavy atom. The van der Waals surface area contributed by atoms with Crippen molar-refractivity contribution < 1.29 is 4.79 Å². The molecule has 0 radical (unpaired) electrons. The Morgan fingerprint density at radius 3 is 2.67 bits per heavy atom. The molecular formula is C23H20N4O2S. The first-order valence-corrected chi connectivity index (χ1v) is 10.3. The number of aromatic nitrogens is 4. The van der Waals surface area contributed by atoms with Gasteiger partial charge in [0.25, 0.3) is 5.56 Å². The van der Waals surface area contributed by atoms with Crippen molar-refractivity contribution in [2.24, 2.45) is 0 Å². The van der Waals surface area contributed by atoms with Crippen LogP contribution in [0.25, 0.3) is 16.6 Å². The van der Waals surface area contributed by atoms with Gasteiger partial charge in [-0.3, -0.25) is 14.3 Å². The van der Waals surface area contributed by atoms with Gasteiger partial charge in [-0.1, -0.05) is 36.4 Å². The molecule has 0 aliphatic carbocycles. The molecule has 4 aromatic rings. The molecule has 0 spiro atoms. The highest BCUT2D eigenvalue weighted by atomic mass is 32.1. The van der Waals surface area contributed by atoms with Crippen LogP contribution in [-0.2, 0) is 6.54 Å². The first kappa shape index (κ1) is 19.7. The van der Waals surface area contributed by atoms with E-state index in [1.807, 2.05) is 58.7 Å². The molecule has 0 aliphatic rings. The van der Waals surface area contributed by atoms with Crippen molar-refractivity contribution in [3.63, 3.8) is 0 Å². The van der Waals surface area contributed by atoms with Gasteiger partial charge in [0.05, 0.1) is 17.1 Å². The molecule has 1 N–H and O–H groups in total. The van der Waals surface area contributed by atoms with Crippen molar-refractivity contribution in [2.45, 2.75) is 20.4 Å². The number of benzene rings is 1. The zero-order valence-electron chi connectivity index (χ0n) is 16.6. The second-order valence-corrected chi connectivity index (χ2v) is 7.85. The number of carbonyl (C=O) groups is 1. The van der Waals surface area contributed by atoms with E-state index in [9.17, 15) is 9.59 Å². The molecule has 0 amide bonds. The lowest BCUT2D eigenvalue weighted by molar-refractivity contribution is 0.104. The number of carbonyl (C=O) groups excluding carboxylic acids is 1. The topological polar surface area (TPSA) is 80.6 Å². The number of allylic oxidation sites excluding steroid dienone is 1. The smallest absolute Gasteiger partial charge is 0.262 e. The summed E-state index contributed by atoms with van der Waals surface area (Å²) in [6.07, 6.45) is 5.04. The van der Waals surface area contributed by atoms with Gasteiger partial charge in [-0.05, 0) is 43.0 Å². The number of H-pyrrole nitrogens is 1. The van der Waals surface area contributed by atoms with E-state index in [0.717, 1.165) is 21.7 Å². The second kappa shape index (κ2) is 8.42. The summed E-state index contributed by atoms with van der Waals surface area (Å²) < 4.78 is 1.86. The van der Waals surface area contributed by atoms with Crippen LogP contribution >= 0.6 is 11.3 Å². The standard InChI is InChI=1S/C23H20N4O2S/c1-15-21(23(29)25-16(2)24-15)19(28)11-10-18-14-27(13-17-7-4-3-5-8-17)26-22(18)20-9-6-12-30-20/h3-12,14H,13H2,1-2H3,(H,24,25,29)/b11-10+. The zero-order chi connectivity index (χ0) is 21.1. The third-order valence-electron chi connectivity index (χ3n) is 4.61. The third kappa shape index (κ3) is 4.21. The molecule has 0 bridgehead atoms. The van der Waals surface area contributed by atoms with Crippen molar-refractivity contribution >= 4 is 23.2 Å². The van der Waals surface area contributed by atoms with Crippen molar-refractivity contribution in [1.82, 2.24) is 19.7 Å². The number of aromatic amines is 1. The summed E-state index contributed by atoms with van der Waals surface area (Å²) in [4.78, 5) is 32.7. The van der Waals surface area contributed by atoms with Gasteiger partial charge in [0.2, 0.25) is 0 Å². The van der Waals surface area contributed by atoms with E-state index < -0.39 is 5.56 Å². The summed E-state index contributed by atoms with van der Waals surface area (Å²) in [5.41, 5.74) is 2.81. The first-order chi connectivity index (χ1) is 14.5. The van der Waals surface area contributed by atoms with Gasteiger partial charge in [-0.15, -0.1) is 11.3 Å². The number of hydrogen-bond donors (Lipinski definition) is 1. The molecule has 6 nitrogen and oxygen atoms in total. The van der Waals surface area contributed by atoms with E-state index in [2.05, 4.69) is 9.97 Å². The molecule has 0 fully saturated rings. The average molecular weight is 417 g/mol. The molecule has 0 atom stereocenters. The number of nitrogens with one attached hydrogen (secondary N) is 1. The minimum absolute atomic E-state index is 0.0613. The van der Waals surface area contributed by atoms with E-state index >= 15 is 0 Å². The van der Waals surface area contributed by atoms with E-state index in [1.165, 1.54) is 6.08 Å². The molecule has 0 unspecified atom stereocenters. The van der Waals surface area contributed by atoms with Gasteiger partial charge in [0.15, 0.2) is 5.78 Å². The molecule has 0 saturated heterocycles. The number of hydrogen-bond acceptors (Lipinski definition) is 5. The van der Waals surface area contributed by atoms with E-state index in [4.69, 9.17) is 5.10 Å². The van der Waals surface area contributed by atoms with Crippen LogP contribution in [0, 0.1) is 13.8 Å². The van der Waals surface area contributed by atoms with Gasteiger partial charge < -0.3 is 4.98 Å².